The van der Waals surface area contributed by atoms with Gasteiger partial charge in [0.15, 0.2) is 0 Å². The van der Waals surface area contributed by atoms with Crippen LogP contribution in [-0.4, -0.2) is 11.1 Å². The van der Waals surface area contributed by atoms with Gasteiger partial charge in [-0.05, 0) is 12.8 Å². The molecule has 0 aromatic heterocycles. The molecular weight excluding hydrogens is 140 g/mol. The Labute approximate surface area is 65.5 Å². The lowest BCUT2D eigenvalue weighted by Gasteiger charge is -1.98. The largest absolute Gasteiger partial charge is 0.478 e. The fraction of sp³-hybridized carbons (Fsp3) is 0.222. The Bertz CT molecular complexity index is 234. The van der Waals surface area contributed by atoms with Crippen molar-refractivity contribution in [2.45, 2.75) is 12.8 Å². The molecule has 1 rings (SSSR count). The molecule has 1 N–H and O–H groups in total. The molecule has 0 saturated heterocycles. The van der Waals surface area contributed by atoms with E-state index in [0.717, 1.165) is 6.42 Å². The smallest absolute Gasteiger partial charge is 0.331 e. The fourth-order valence-corrected chi connectivity index (χ4v) is 0.911. The number of hydrogen-bond acceptors (Lipinski definition) is 1. The van der Waals surface area contributed by atoms with Gasteiger partial charge in [-0.3, -0.25) is 0 Å². The highest BCUT2D eigenvalue weighted by Crippen LogP contribution is 2.08. The van der Waals surface area contributed by atoms with Gasteiger partial charge in [-0.25, -0.2) is 4.79 Å². The van der Waals surface area contributed by atoms with Crippen molar-refractivity contribution in [3.05, 3.63) is 36.0 Å². The molecule has 0 bridgehead atoms. The third-order valence-corrected chi connectivity index (χ3v) is 1.51. The second kappa shape index (κ2) is 3.76. The number of allylic oxidation sites excluding steroid dienone is 5. The fourth-order valence-electron chi connectivity index (χ4n) is 0.911. The van der Waals surface area contributed by atoms with Crippen molar-refractivity contribution < 1.29 is 9.90 Å². The molecule has 2 heteroatoms. The van der Waals surface area contributed by atoms with Gasteiger partial charge in [0, 0.05) is 5.57 Å². The molecule has 0 saturated carbocycles. The first-order chi connectivity index (χ1) is 5.30. The third kappa shape index (κ3) is 2.42. The van der Waals surface area contributed by atoms with Crippen LogP contribution in [0, 0.1) is 0 Å². The highest BCUT2D eigenvalue weighted by molar-refractivity contribution is 5.86. The van der Waals surface area contributed by atoms with Crippen molar-refractivity contribution in [1.29, 1.82) is 0 Å². The van der Waals surface area contributed by atoms with Crippen LogP contribution in [0.4, 0.5) is 0 Å². The minimum Gasteiger partial charge on any atom is -0.478 e. The normalized spacial score (nSPS) is 16.9. The van der Waals surface area contributed by atoms with Crippen LogP contribution in [0.5, 0.6) is 0 Å². The SMILES string of the molecule is O=C(O)C1=CC=CC=CCC1. The van der Waals surface area contributed by atoms with Crippen LogP contribution in [0.3, 0.4) is 0 Å². The van der Waals surface area contributed by atoms with Gasteiger partial charge >= 0.3 is 5.97 Å². The van der Waals surface area contributed by atoms with Crippen LogP contribution in [-0.2, 0) is 4.79 Å². The molecule has 0 unspecified atom stereocenters. The van der Waals surface area contributed by atoms with Gasteiger partial charge in [-0.1, -0.05) is 30.4 Å². The second-order valence-corrected chi connectivity index (χ2v) is 2.35. The summed E-state index contributed by atoms with van der Waals surface area (Å²) in [5.74, 6) is -0.815. The quantitative estimate of drug-likeness (QED) is 0.619. The molecule has 0 amide bonds. The van der Waals surface area contributed by atoms with Crippen molar-refractivity contribution in [2.24, 2.45) is 0 Å². The Morgan fingerprint density at radius 2 is 2.18 bits per heavy atom. The van der Waals surface area contributed by atoms with Crippen molar-refractivity contribution in [3.8, 4) is 0 Å². The summed E-state index contributed by atoms with van der Waals surface area (Å²) in [5.41, 5.74) is 0.477. The summed E-state index contributed by atoms with van der Waals surface area (Å²) in [5, 5.41) is 8.63. The molecule has 1 aliphatic rings. The molecule has 0 spiro atoms. The van der Waals surface area contributed by atoms with Crippen LogP contribution in [0.15, 0.2) is 36.0 Å². The Morgan fingerprint density at radius 3 is 2.91 bits per heavy atom. The van der Waals surface area contributed by atoms with Crippen LogP contribution < -0.4 is 0 Å². The zero-order chi connectivity index (χ0) is 8.10. The minimum atomic E-state index is -0.815. The maximum absolute atomic E-state index is 10.5. The van der Waals surface area contributed by atoms with E-state index >= 15 is 0 Å². The van der Waals surface area contributed by atoms with E-state index in [0.29, 0.717) is 12.0 Å². The van der Waals surface area contributed by atoms with Crippen LogP contribution in [0.1, 0.15) is 12.8 Å². The first-order valence-electron chi connectivity index (χ1n) is 3.56. The molecule has 1 aliphatic carbocycles. The van der Waals surface area contributed by atoms with Crippen LogP contribution >= 0.6 is 0 Å². The number of carbonyl (C=O) groups is 1. The van der Waals surface area contributed by atoms with Crippen molar-refractivity contribution in [3.63, 3.8) is 0 Å². The standard InChI is InChI=1S/C9H10O2/c10-9(11)8-6-4-2-1-3-5-7-8/h1-4,6H,5,7H2,(H,10,11). The van der Waals surface area contributed by atoms with E-state index in [2.05, 4.69) is 0 Å². The zero-order valence-corrected chi connectivity index (χ0v) is 6.16. The molecule has 0 heterocycles. The average Bonchev–Trinajstić information content (AvgIpc) is 1.84. The Kier molecular flexibility index (Phi) is 2.66. The summed E-state index contributed by atoms with van der Waals surface area (Å²) in [7, 11) is 0. The molecule has 0 aromatic rings. The Balaban J connectivity index is 2.73. The molecule has 0 aromatic carbocycles. The topological polar surface area (TPSA) is 37.3 Å². The molecule has 0 radical (unpaired) electrons. The maximum atomic E-state index is 10.5. The lowest BCUT2D eigenvalue weighted by molar-refractivity contribution is -0.132. The van der Waals surface area contributed by atoms with Gasteiger partial charge in [0.25, 0.3) is 0 Å². The van der Waals surface area contributed by atoms with E-state index in [4.69, 9.17) is 5.11 Å². The zero-order valence-electron chi connectivity index (χ0n) is 6.16. The molecule has 11 heavy (non-hydrogen) atoms. The predicted molar refractivity (Wildman–Crippen MR) is 43.2 cm³/mol. The average molecular weight is 150 g/mol. The summed E-state index contributed by atoms with van der Waals surface area (Å²) in [6, 6.07) is 0. The minimum absolute atomic E-state index is 0.477. The summed E-state index contributed by atoms with van der Waals surface area (Å²) in [6.07, 6.45) is 10.5. The van der Waals surface area contributed by atoms with E-state index in [-0.39, 0.29) is 0 Å². The first-order valence-corrected chi connectivity index (χ1v) is 3.56. The van der Waals surface area contributed by atoms with Crippen LogP contribution in [0.25, 0.3) is 0 Å². The Morgan fingerprint density at radius 1 is 1.36 bits per heavy atom. The predicted octanol–water partition coefficient (Wildman–Crippen LogP) is 1.90. The van der Waals surface area contributed by atoms with E-state index in [1.165, 1.54) is 0 Å². The summed E-state index contributed by atoms with van der Waals surface area (Å²) in [4.78, 5) is 10.5. The molecule has 0 atom stereocenters. The third-order valence-electron chi connectivity index (χ3n) is 1.51. The van der Waals surface area contributed by atoms with E-state index in [1.54, 1.807) is 12.2 Å². The number of carboxylic acid groups (broad SMARTS) is 1. The summed E-state index contributed by atoms with van der Waals surface area (Å²) in [6.45, 7) is 0. The van der Waals surface area contributed by atoms with Gasteiger partial charge in [0.2, 0.25) is 0 Å². The lowest BCUT2D eigenvalue weighted by atomic mass is 10.1. The molecule has 0 aliphatic heterocycles. The lowest BCUT2D eigenvalue weighted by Crippen LogP contribution is -1.99. The van der Waals surface area contributed by atoms with Gasteiger partial charge in [-0.15, -0.1) is 0 Å². The first kappa shape index (κ1) is 7.79. The highest BCUT2D eigenvalue weighted by atomic mass is 16.4. The Hall–Kier alpha value is -1.31. The van der Waals surface area contributed by atoms with Gasteiger partial charge in [0.1, 0.15) is 0 Å². The maximum Gasteiger partial charge on any atom is 0.331 e. The van der Waals surface area contributed by atoms with E-state index < -0.39 is 5.97 Å². The number of rotatable bonds is 1. The van der Waals surface area contributed by atoms with Crippen molar-refractivity contribution >= 4 is 5.97 Å². The molecule has 58 valence electrons. The van der Waals surface area contributed by atoms with Gasteiger partial charge < -0.3 is 5.11 Å². The van der Waals surface area contributed by atoms with Crippen LogP contribution in [0.2, 0.25) is 0 Å². The van der Waals surface area contributed by atoms with E-state index in [9.17, 15) is 4.79 Å². The monoisotopic (exact) mass is 150 g/mol. The molecular formula is C9H10O2. The van der Waals surface area contributed by atoms with Gasteiger partial charge in [-0.2, -0.15) is 0 Å². The number of aliphatic carboxylic acids is 1. The van der Waals surface area contributed by atoms with Gasteiger partial charge in [0.05, 0.1) is 0 Å². The van der Waals surface area contributed by atoms with Crippen molar-refractivity contribution in [2.75, 3.05) is 0 Å². The summed E-state index contributed by atoms with van der Waals surface area (Å²) < 4.78 is 0. The second-order valence-electron chi connectivity index (χ2n) is 2.35. The molecule has 2 nitrogen and oxygen atoms in total. The van der Waals surface area contributed by atoms with E-state index in [1.807, 2.05) is 18.2 Å². The molecule has 0 fully saturated rings. The summed E-state index contributed by atoms with van der Waals surface area (Å²) >= 11 is 0. The highest BCUT2D eigenvalue weighted by Gasteiger charge is 2.04. The van der Waals surface area contributed by atoms with Crippen molar-refractivity contribution in [1.82, 2.24) is 0 Å². The number of carboxylic acids is 1. The number of hydrogen-bond donors (Lipinski definition) is 1.